The van der Waals surface area contributed by atoms with E-state index >= 15 is 0 Å². The topological polar surface area (TPSA) is 61.5 Å². The van der Waals surface area contributed by atoms with Gasteiger partial charge in [0.25, 0.3) is 0 Å². The lowest BCUT2D eigenvalue weighted by Crippen LogP contribution is -2.23. The Labute approximate surface area is 109 Å². The second-order valence-electron chi connectivity index (χ2n) is 2.89. The summed E-state index contributed by atoms with van der Waals surface area (Å²) in [5.74, 6) is 0.163. The average molecular weight is 311 g/mol. The normalized spacial score (nSPS) is 11.2. The van der Waals surface area contributed by atoms with Crippen molar-refractivity contribution in [3.63, 3.8) is 0 Å². The molecule has 1 aromatic carbocycles. The van der Waals surface area contributed by atoms with Crippen LogP contribution in [-0.4, -0.2) is 20.2 Å². The van der Waals surface area contributed by atoms with Crippen molar-refractivity contribution in [2.45, 2.75) is 6.04 Å². The maximum atomic E-state index is 11.3. The smallest absolute Gasteiger partial charge is 0.327 e. The van der Waals surface area contributed by atoms with Crippen molar-refractivity contribution in [1.29, 1.82) is 0 Å². The Balaban J connectivity index is 0.00000225. The number of hydrogen-bond donors (Lipinski definition) is 1. The first-order chi connectivity index (χ1) is 7.10. The fraction of sp³-hybridized carbons (Fsp3) is 0.300. The van der Waals surface area contributed by atoms with Gasteiger partial charge in [-0.15, -0.1) is 12.4 Å². The lowest BCUT2D eigenvalue weighted by Gasteiger charge is -2.12. The molecule has 0 aliphatic carbocycles. The van der Waals surface area contributed by atoms with Gasteiger partial charge in [0.2, 0.25) is 0 Å². The lowest BCUT2D eigenvalue weighted by atomic mass is 10.1. The van der Waals surface area contributed by atoms with Crippen molar-refractivity contribution in [2.24, 2.45) is 5.73 Å². The molecule has 16 heavy (non-hydrogen) atoms. The number of methoxy groups -OCH3 is 2. The molecule has 0 heterocycles. The van der Waals surface area contributed by atoms with E-state index in [2.05, 4.69) is 20.7 Å². The SMILES string of the molecule is COC(=O)[C@H](N)c1cc(OC)ccc1Br.Cl. The molecule has 4 nitrogen and oxygen atoms in total. The number of nitrogens with two attached hydrogens (primary N) is 1. The maximum absolute atomic E-state index is 11.3. The van der Waals surface area contributed by atoms with Crippen LogP contribution in [0.15, 0.2) is 22.7 Å². The predicted molar refractivity (Wildman–Crippen MR) is 66.9 cm³/mol. The van der Waals surface area contributed by atoms with E-state index < -0.39 is 12.0 Å². The zero-order valence-electron chi connectivity index (χ0n) is 8.90. The Kier molecular flexibility index (Phi) is 6.40. The number of carbonyl (C=O) groups excluding carboxylic acids is 1. The minimum atomic E-state index is -0.806. The highest BCUT2D eigenvalue weighted by Gasteiger charge is 2.19. The molecule has 0 spiro atoms. The van der Waals surface area contributed by atoms with Crippen LogP contribution in [0.3, 0.4) is 0 Å². The molecular formula is C10H13BrClNO3. The maximum Gasteiger partial charge on any atom is 0.327 e. The first-order valence-corrected chi connectivity index (χ1v) is 5.06. The van der Waals surface area contributed by atoms with E-state index in [9.17, 15) is 4.79 Å². The minimum absolute atomic E-state index is 0. The molecule has 0 aromatic heterocycles. The third-order valence-electron chi connectivity index (χ3n) is 1.99. The number of rotatable bonds is 3. The van der Waals surface area contributed by atoms with Crippen molar-refractivity contribution in [3.8, 4) is 5.75 Å². The quantitative estimate of drug-likeness (QED) is 0.868. The Bertz CT molecular complexity index is 373. The van der Waals surface area contributed by atoms with Crippen molar-refractivity contribution in [3.05, 3.63) is 28.2 Å². The second-order valence-corrected chi connectivity index (χ2v) is 3.74. The summed E-state index contributed by atoms with van der Waals surface area (Å²) in [6.07, 6.45) is 0. The fourth-order valence-electron chi connectivity index (χ4n) is 1.14. The Morgan fingerprint density at radius 2 is 2.06 bits per heavy atom. The molecule has 90 valence electrons. The van der Waals surface area contributed by atoms with E-state index in [-0.39, 0.29) is 12.4 Å². The molecule has 0 unspecified atom stereocenters. The molecule has 0 saturated carbocycles. The summed E-state index contributed by atoms with van der Waals surface area (Å²) < 4.78 is 10.4. The van der Waals surface area contributed by atoms with Crippen LogP contribution in [0, 0.1) is 0 Å². The number of halogens is 2. The summed E-state index contributed by atoms with van der Waals surface area (Å²) in [4.78, 5) is 11.3. The largest absolute Gasteiger partial charge is 0.497 e. The molecule has 0 amide bonds. The van der Waals surface area contributed by atoms with Gasteiger partial charge in [0.05, 0.1) is 14.2 Å². The van der Waals surface area contributed by atoms with Crippen molar-refractivity contribution >= 4 is 34.3 Å². The highest BCUT2D eigenvalue weighted by atomic mass is 79.9. The van der Waals surface area contributed by atoms with E-state index in [0.29, 0.717) is 11.3 Å². The highest BCUT2D eigenvalue weighted by molar-refractivity contribution is 9.10. The number of hydrogen-bond acceptors (Lipinski definition) is 4. The van der Waals surface area contributed by atoms with Gasteiger partial charge in [-0.25, -0.2) is 0 Å². The van der Waals surface area contributed by atoms with Gasteiger partial charge in [0.1, 0.15) is 11.8 Å². The summed E-state index contributed by atoms with van der Waals surface area (Å²) in [6.45, 7) is 0. The van der Waals surface area contributed by atoms with Crippen LogP contribution in [0.5, 0.6) is 5.75 Å². The number of carbonyl (C=O) groups is 1. The average Bonchev–Trinajstić information content (AvgIpc) is 2.27. The van der Waals surface area contributed by atoms with Crippen LogP contribution in [0.25, 0.3) is 0 Å². The molecule has 0 aliphatic heterocycles. The predicted octanol–water partition coefficient (Wildman–Crippen LogP) is 2.05. The molecule has 2 N–H and O–H groups in total. The molecule has 0 fully saturated rings. The Hall–Kier alpha value is -0.780. The molecule has 0 aliphatic rings. The van der Waals surface area contributed by atoms with Gasteiger partial charge in [-0.2, -0.15) is 0 Å². The second kappa shape index (κ2) is 6.73. The molecule has 1 aromatic rings. The third kappa shape index (κ3) is 3.37. The first kappa shape index (κ1) is 15.2. The molecule has 1 rings (SSSR count). The number of ether oxygens (including phenoxy) is 2. The van der Waals surface area contributed by atoms with Crippen LogP contribution in [-0.2, 0) is 9.53 Å². The van der Waals surface area contributed by atoms with E-state index in [0.717, 1.165) is 4.47 Å². The van der Waals surface area contributed by atoms with Crippen LogP contribution in [0.4, 0.5) is 0 Å². The summed E-state index contributed by atoms with van der Waals surface area (Å²) in [5.41, 5.74) is 6.35. The van der Waals surface area contributed by atoms with Crippen molar-refractivity contribution in [2.75, 3.05) is 14.2 Å². The van der Waals surface area contributed by atoms with Gasteiger partial charge >= 0.3 is 5.97 Å². The summed E-state index contributed by atoms with van der Waals surface area (Å²) >= 11 is 3.31. The van der Waals surface area contributed by atoms with E-state index in [1.165, 1.54) is 7.11 Å². The van der Waals surface area contributed by atoms with E-state index in [1.807, 2.05) is 0 Å². The van der Waals surface area contributed by atoms with Gasteiger partial charge < -0.3 is 15.2 Å². The molecule has 0 saturated heterocycles. The number of benzene rings is 1. The van der Waals surface area contributed by atoms with Crippen molar-refractivity contribution < 1.29 is 14.3 Å². The summed E-state index contributed by atoms with van der Waals surface area (Å²) in [5, 5.41) is 0. The molecule has 1 atom stereocenters. The van der Waals surface area contributed by atoms with Crippen LogP contribution >= 0.6 is 28.3 Å². The van der Waals surface area contributed by atoms with E-state index in [1.54, 1.807) is 25.3 Å². The zero-order valence-corrected chi connectivity index (χ0v) is 11.3. The van der Waals surface area contributed by atoms with Gasteiger partial charge in [-0.1, -0.05) is 15.9 Å². The van der Waals surface area contributed by atoms with E-state index in [4.69, 9.17) is 10.5 Å². The Morgan fingerprint density at radius 3 is 2.56 bits per heavy atom. The third-order valence-corrected chi connectivity index (χ3v) is 2.72. The minimum Gasteiger partial charge on any atom is -0.497 e. The molecular weight excluding hydrogens is 297 g/mol. The molecule has 0 radical (unpaired) electrons. The number of esters is 1. The van der Waals surface area contributed by atoms with Crippen LogP contribution in [0.1, 0.15) is 11.6 Å². The molecule has 0 bridgehead atoms. The van der Waals surface area contributed by atoms with Gasteiger partial charge in [0.15, 0.2) is 0 Å². The summed E-state index contributed by atoms with van der Waals surface area (Å²) in [7, 11) is 2.85. The Morgan fingerprint density at radius 1 is 1.44 bits per heavy atom. The van der Waals surface area contributed by atoms with Gasteiger partial charge in [-0.3, -0.25) is 4.79 Å². The zero-order chi connectivity index (χ0) is 11.4. The molecule has 6 heteroatoms. The monoisotopic (exact) mass is 309 g/mol. The first-order valence-electron chi connectivity index (χ1n) is 4.27. The van der Waals surface area contributed by atoms with Crippen LogP contribution < -0.4 is 10.5 Å². The standard InChI is InChI=1S/C10H12BrNO3.ClH/c1-14-6-3-4-8(11)7(5-6)9(12)10(13)15-2;/h3-5,9H,12H2,1-2H3;1H/t9-;/m1./s1. The summed E-state index contributed by atoms with van der Waals surface area (Å²) in [6, 6.07) is 4.44. The van der Waals surface area contributed by atoms with Crippen LogP contribution in [0.2, 0.25) is 0 Å². The highest BCUT2D eigenvalue weighted by Crippen LogP contribution is 2.27. The lowest BCUT2D eigenvalue weighted by molar-refractivity contribution is -0.142. The fourth-order valence-corrected chi connectivity index (χ4v) is 1.63. The van der Waals surface area contributed by atoms with Gasteiger partial charge in [0, 0.05) is 4.47 Å². The van der Waals surface area contributed by atoms with Gasteiger partial charge in [-0.05, 0) is 23.8 Å². The van der Waals surface area contributed by atoms with Crippen molar-refractivity contribution in [1.82, 2.24) is 0 Å².